The molecule has 0 aromatic carbocycles. The van der Waals surface area contributed by atoms with Crippen LogP contribution in [0.3, 0.4) is 0 Å². The van der Waals surface area contributed by atoms with Crippen LogP contribution in [0, 0.1) is 11.8 Å². The fourth-order valence-corrected chi connectivity index (χ4v) is 2.83. The van der Waals surface area contributed by atoms with Gasteiger partial charge < -0.3 is 15.3 Å². The monoisotopic (exact) mass is 274 g/mol. The van der Waals surface area contributed by atoms with E-state index in [0.29, 0.717) is 12.3 Å². The Balaban J connectivity index is 2.36. The van der Waals surface area contributed by atoms with Crippen LogP contribution in [0.4, 0.5) is 4.79 Å². The molecule has 5 nitrogen and oxygen atoms in total. The van der Waals surface area contributed by atoms with Crippen LogP contribution in [-0.4, -0.2) is 53.1 Å². The van der Waals surface area contributed by atoms with Crippen LogP contribution in [-0.2, 0) is 4.79 Å². The number of hydrogen-bond donors (Lipinski definition) is 2. The zero-order chi connectivity index (χ0) is 13.5. The second-order valence-corrected chi connectivity index (χ2v) is 6.17. The molecule has 2 amide bonds. The summed E-state index contributed by atoms with van der Waals surface area (Å²) in [6, 6.07) is -0.134. The Kier molecular flexibility index (Phi) is 6.32. The number of carboxylic acids is 1. The molecule has 6 heteroatoms. The molecular weight excluding hydrogens is 252 g/mol. The first-order valence-corrected chi connectivity index (χ1v) is 7.49. The summed E-state index contributed by atoms with van der Waals surface area (Å²) in [5.74, 6) is 0.907. The predicted molar refractivity (Wildman–Crippen MR) is 72.9 cm³/mol. The summed E-state index contributed by atoms with van der Waals surface area (Å²) >= 11 is 1.84. The number of thioether (sulfide) groups is 1. The lowest BCUT2D eigenvalue weighted by molar-refractivity contribution is -0.142. The van der Waals surface area contributed by atoms with Crippen molar-refractivity contribution in [1.82, 2.24) is 10.2 Å². The van der Waals surface area contributed by atoms with Crippen LogP contribution in [0.5, 0.6) is 0 Å². The molecule has 104 valence electrons. The molecule has 1 unspecified atom stereocenters. The van der Waals surface area contributed by atoms with E-state index >= 15 is 0 Å². The zero-order valence-electron chi connectivity index (χ0n) is 11.0. The number of urea groups is 1. The average Bonchev–Trinajstić information content (AvgIpc) is 2.34. The Labute approximate surface area is 112 Å². The summed E-state index contributed by atoms with van der Waals surface area (Å²) in [5.41, 5.74) is 0. The largest absolute Gasteiger partial charge is 0.481 e. The third-order valence-electron chi connectivity index (χ3n) is 2.90. The van der Waals surface area contributed by atoms with Gasteiger partial charge in [0.05, 0.1) is 5.92 Å². The van der Waals surface area contributed by atoms with Crippen molar-refractivity contribution >= 4 is 23.8 Å². The summed E-state index contributed by atoms with van der Waals surface area (Å²) < 4.78 is 0. The molecule has 0 spiro atoms. The van der Waals surface area contributed by atoms with Crippen LogP contribution in [0.2, 0.25) is 0 Å². The van der Waals surface area contributed by atoms with Crippen molar-refractivity contribution in [2.24, 2.45) is 11.8 Å². The van der Waals surface area contributed by atoms with Crippen molar-refractivity contribution in [3.05, 3.63) is 0 Å². The maximum atomic E-state index is 11.8. The summed E-state index contributed by atoms with van der Waals surface area (Å²) in [6.45, 7) is 5.69. The predicted octanol–water partition coefficient (Wildman–Crippen LogP) is 1.49. The van der Waals surface area contributed by atoms with Gasteiger partial charge in [0, 0.05) is 31.1 Å². The van der Waals surface area contributed by atoms with E-state index in [1.807, 2.05) is 25.6 Å². The number of hydrogen-bond acceptors (Lipinski definition) is 3. The SMILES string of the molecule is CC(C)CC(CNC(=O)N1CCSCC1)C(=O)O. The standard InChI is InChI=1S/C12H22N2O3S/c1-9(2)7-10(11(15)16)8-13-12(17)14-3-5-18-6-4-14/h9-10H,3-8H2,1-2H3,(H,13,17)(H,15,16). The molecule has 1 aliphatic heterocycles. The molecule has 18 heavy (non-hydrogen) atoms. The fraction of sp³-hybridized carbons (Fsp3) is 0.833. The highest BCUT2D eigenvalue weighted by Crippen LogP contribution is 2.12. The number of nitrogens with one attached hydrogen (secondary N) is 1. The van der Waals surface area contributed by atoms with E-state index in [2.05, 4.69) is 5.32 Å². The number of carboxylic acid groups (broad SMARTS) is 1. The Morgan fingerprint density at radius 1 is 1.33 bits per heavy atom. The van der Waals surface area contributed by atoms with Gasteiger partial charge in [-0.15, -0.1) is 0 Å². The van der Waals surface area contributed by atoms with Gasteiger partial charge in [-0.25, -0.2) is 4.79 Å². The molecule has 0 saturated carbocycles. The number of nitrogens with zero attached hydrogens (tertiary/aromatic N) is 1. The molecule has 1 saturated heterocycles. The molecular formula is C12H22N2O3S. The van der Waals surface area contributed by atoms with E-state index in [1.165, 1.54) is 0 Å². The lowest BCUT2D eigenvalue weighted by Gasteiger charge is -2.27. The summed E-state index contributed by atoms with van der Waals surface area (Å²) in [7, 11) is 0. The minimum absolute atomic E-state index is 0.134. The van der Waals surface area contributed by atoms with Gasteiger partial charge in [-0.3, -0.25) is 4.79 Å². The average molecular weight is 274 g/mol. The first-order valence-electron chi connectivity index (χ1n) is 6.34. The highest BCUT2D eigenvalue weighted by Gasteiger charge is 2.22. The van der Waals surface area contributed by atoms with Gasteiger partial charge in [0.1, 0.15) is 0 Å². The molecule has 1 atom stereocenters. The lowest BCUT2D eigenvalue weighted by atomic mass is 9.97. The third kappa shape index (κ3) is 5.16. The Bertz CT molecular complexity index is 291. The highest BCUT2D eigenvalue weighted by molar-refractivity contribution is 7.99. The van der Waals surface area contributed by atoms with E-state index in [9.17, 15) is 9.59 Å². The van der Waals surface area contributed by atoms with Gasteiger partial charge in [-0.1, -0.05) is 13.8 Å². The van der Waals surface area contributed by atoms with Crippen LogP contribution in [0.25, 0.3) is 0 Å². The quantitative estimate of drug-likeness (QED) is 0.797. The van der Waals surface area contributed by atoms with Crippen LogP contribution >= 0.6 is 11.8 Å². The van der Waals surface area contributed by atoms with E-state index in [4.69, 9.17) is 5.11 Å². The third-order valence-corrected chi connectivity index (χ3v) is 3.85. The number of carbonyl (C=O) groups excluding carboxylic acids is 1. The van der Waals surface area contributed by atoms with Gasteiger partial charge in [0.15, 0.2) is 0 Å². The second-order valence-electron chi connectivity index (χ2n) is 4.95. The van der Waals surface area contributed by atoms with Crippen LogP contribution < -0.4 is 5.32 Å². The first kappa shape index (κ1) is 15.1. The van der Waals surface area contributed by atoms with Crippen molar-refractivity contribution in [2.75, 3.05) is 31.1 Å². The topological polar surface area (TPSA) is 69.6 Å². The van der Waals surface area contributed by atoms with Crippen LogP contribution in [0.1, 0.15) is 20.3 Å². The number of amides is 2. The van der Waals surface area contributed by atoms with Gasteiger partial charge in [0.25, 0.3) is 0 Å². The molecule has 0 bridgehead atoms. The fourth-order valence-electron chi connectivity index (χ4n) is 1.93. The molecule has 2 N–H and O–H groups in total. The van der Waals surface area contributed by atoms with Crippen molar-refractivity contribution < 1.29 is 14.7 Å². The minimum Gasteiger partial charge on any atom is -0.481 e. The molecule has 1 heterocycles. The van der Waals surface area contributed by atoms with E-state index < -0.39 is 11.9 Å². The maximum absolute atomic E-state index is 11.8. The Morgan fingerprint density at radius 2 is 1.94 bits per heavy atom. The second kappa shape index (κ2) is 7.51. The normalized spacial score (nSPS) is 17.6. The lowest BCUT2D eigenvalue weighted by Crippen LogP contribution is -2.46. The zero-order valence-corrected chi connectivity index (χ0v) is 11.8. The minimum atomic E-state index is -0.835. The Morgan fingerprint density at radius 3 is 2.44 bits per heavy atom. The molecule has 0 radical (unpaired) electrons. The van der Waals surface area contributed by atoms with Crippen molar-refractivity contribution in [2.45, 2.75) is 20.3 Å². The van der Waals surface area contributed by atoms with E-state index in [0.717, 1.165) is 24.6 Å². The van der Waals surface area contributed by atoms with Crippen molar-refractivity contribution in [1.29, 1.82) is 0 Å². The van der Waals surface area contributed by atoms with E-state index in [1.54, 1.807) is 4.90 Å². The number of aliphatic carboxylic acids is 1. The number of carbonyl (C=O) groups is 2. The first-order chi connectivity index (χ1) is 8.50. The van der Waals surface area contributed by atoms with Gasteiger partial charge in [-0.05, 0) is 12.3 Å². The summed E-state index contributed by atoms with van der Waals surface area (Å²) in [4.78, 5) is 24.6. The van der Waals surface area contributed by atoms with Crippen LogP contribution in [0.15, 0.2) is 0 Å². The van der Waals surface area contributed by atoms with Gasteiger partial charge in [0.2, 0.25) is 0 Å². The molecule has 0 aliphatic carbocycles. The van der Waals surface area contributed by atoms with E-state index in [-0.39, 0.29) is 12.6 Å². The van der Waals surface area contributed by atoms with Gasteiger partial charge >= 0.3 is 12.0 Å². The number of rotatable bonds is 5. The van der Waals surface area contributed by atoms with Crippen molar-refractivity contribution in [3.63, 3.8) is 0 Å². The maximum Gasteiger partial charge on any atom is 0.317 e. The summed E-state index contributed by atoms with van der Waals surface area (Å²) in [5, 5.41) is 11.8. The summed E-state index contributed by atoms with van der Waals surface area (Å²) in [6.07, 6.45) is 0.589. The molecule has 1 aliphatic rings. The van der Waals surface area contributed by atoms with Crippen molar-refractivity contribution in [3.8, 4) is 0 Å². The molecule has 1 rings (SSSR count). The molecule has 1 fully saturated rings. The Hall–Kier alpha value is -0.910. The van der Waals surface area contributed by atoms with Gasteiger partial charge in [-0.2, -0.15) is 11.8 Å². The molecule has 0 aromatic rings. The highest BCUT2D eigenvalue weighted by atomic mass is 32.2. The smallest absolute Gasteiger partial charge is 0.317 e. The molecule has 0 aromatic heterocycles.